The molecule has 2 aliphatic heterocycles. The molecule has 0 spiro atoms. The van der Waals surface area contributed by atoms with E-state index in [-0.39, 0.29) is 29.8 Å². The maximum absolute atomic E-state index is 13.8. The Bertz CT molecular complexity index is 1370. The number of likely N-dealkylation sites (tertiary alicyclic amines) is 2. The first kappa shape index (κ1) is 32.5. The molecule has 3 aromatic carbocycles. The number of halogens is 2. The van der Waals surface area contributed by atoms with Crippen LogP contribution in [0, 0.1) is 0 Å². The third-order valence-corrected chi connectivity index (χ3v) is 10.1. The van der Waals surface area contributed by atoms with Crippen molar-refractivity contribution in [1.82, 2.24) is 19.6 Å². The molecule has 0 aromatic heterocycles. The summed E-state index contributed by atoms with van der Waals surface area (Å²) in [6, 6.07) is 25.5. The number of benzene rings is 3. The highest BCUT2D eigenvalue weighted by Crippen LogP contribution is 2.31. The first-order valence-corrected chi connectivity index (χ1v) is 16.6. The van der Waals surface area contributed by atoms with E-state index in [1.54, 1.807) is 0 Å². The molecular weight excluding hydrogens is 591 g/mol. The van der Waals surface area contributed by atoms with E-state index in [1.165, 1.54) is 0 Å². The topological polar surface area (TPSA) is 47.1 Å². The van der Waals surface area contributed by atoms with Gasteiger partial charge in [0.25, 0.3) is 11.8 Å². The lowest BCUT2D eigenvalue weighted by atomic mass is 9.93. The SMILES string of the molecule is CN1CCC(N(C(=O)c2ccccc2)C2CCN(CCC(CN(C)C(=O)c3ccccc3)c3ccc(Cl)c(Cl)c3)CC2)CC1. The van der Waals surface area contributed by atoms with Gasteiger partial charge in [-0.3, -0.25) is 9.59 Å². The normalized spacial score (nSPS) is 17.7. The lowest BCUT2D eigenvalue weighted by molar-refractivity contribution is 0.0315. The van der Waals surface area contributed by atoms with Crippen molar-refractivity contribution in [3.05, 3.63) is 106 Å². The van der Waals surface area contributed by atoms with Crippen LogP contribution in [-0.2, 0) is 0 Å². The van der Waals surface area contributed by atoms with Crippen LogP contribution in [-0.4, -0.2) is 96.9 Å². The largest absolute Gasteiger partial charge is 0.341 e. The van der Waals surface area contributed by atoms with E-state index in [9.17, 15) is 9.59 Å². The fraction of sp³-hybridized carbons (Fsp3) is 0.444. The molecule has 0 N–H and O–H groups in total. The number of carbonyl (C=O) groups excluding carboxylic acids is 2. The Labute approximate surface area is 272 Å². The molecule has 5 rings (SSSR count). The number of amides is 2. The standard InChI is InChI=1S/C36H44Cl2N4O2/c1-39-20-16-31(17-21-39)42(36(44)28-11-7-4-8-12-28)32-18-23-41(24-19-32)22-15-30(29-13-14-33(37)34(38)25-29)26-40(2)35(43)27-9-5-3-6-10-27/h3-14,25,30-32H,15-24,26H2,1-2H3. The smallest absolute Gasteiger partial charge is 0.254 e. The molecule has 44 heavy (non-hydrogen) atoms. The molecule has 234 valence electrons. The van der Waals surface area contributed by atoms with Crippen LogP contribution in [0.5, 0.6) is 0 Å². The average molecular weight is 636 g/mol. The van der Waals surface area contributed by atoms with E-state index in [0.29, 0.717) is 22.2 Å². The van der Waals surface area contributed by atoms with E-state index in [0.717, 1.165) is 76.0 Å². The van der Waals surface area contributed by atoms with Crippen molar-refractivity contribution in [2.24, 2.45) is 0 Å². The van der Waals surface area contributed by atoms with Gasteiger partial charge in [-0.05, 0) is 101 Å². The van der Waals surface area contributed by atoms with Crippen LogP contribution in [0.4, 0.5) is 0 Å². The van der Waals surface area contributed by atoms with Crippen LogP contribution >= 0.6 is 23.2 Å². The Morgan fingerprint density at radius 3 is 1.89 bits per heavy atom. The molecule has 0 bridgehead atoms. The summed E-state index contributed by atoms with van der Waals surface area (Å²) >= 11 is 12.7. The molecule has 0 radical (unpaired) electrons. The van der Waals surface area contributed by atoms with Crippen molar-refractivity contribution in [2.45, 2.75) is 50.1 Å². The highest BCUT2D eigenvalue weighted by molar-refractivity contribution is 6.42. The van der Waals surface area contributed by atoms with Crippen molar-refractivity contribution < 1.29 is 9.59 Å². The fourth-order valence-electron chi connectivity index (χ4n) is 6.74. The van der Waals surface area contributed by atoms with Gasteiger partial charge in [0.05, 0.1) is 10.0 Å². The van der Waals surface area contributed by atoms with Gasteiger partial charge in [0.1, 0.15) is 0 Å². The van der Waals surface area contributed by atoms with Crippen molar-refractivity contribution in [2.75, 3.05) is 53.4 Å². The van der Waals surface area contributed by atoms with Crippen molar-refractivity contribution in [1.29, 1.82) is 0 Å². The van der Waals surface area contributed by atoms with Gasteiger partial charge in [0.15, 0.2) is 0 Å². The minimum atomic E-state index is 0.00792. The molecule has 8 heteroatoms. The Hall–Kier alpha value is -2.90. The predicted molar refractivity (Wildman–Crippen MR) is 180 cm³/mol. The minimum Gasteiger partial charge on any atom is -0.341 e. The molecule has 2 saturated heterocycles. The average Bonchev–Trinajstić information content (AvgIpc) is 3.06. The van der Waals surface area contributed by atoms with Crippen molar-refractivity contribution >= 4 is 35.0 Å². The van der Waals surface area contributed by atoms with E-state index >= 15 is 0 Å². The Balaban J connectivity index is 1.24. The summed E-state index contributed by atoms with van der Waals surface area (Å²) in [7, 11) is 4.03. The van der Waals surface area contributed by atoms with Crippen LogP contribution in [0.25, 0.3) is 0 Å². The predicted octanol–water partition coefficient (Wildman–Crippen LogP) is 6.94. The molecule has 1 atom stereocenters. The maximum atomic E-state index is 13.8. The van der Waals surface area contributed by atoms with E-state index in [2.05, 4.69) is 21.7 Å². The van der Waals surface area contributed by atoms with Gasteiger partial charge in [0.2, 0.25) is 0 Å². The molecule has 2 aliphatic rings. The molecule has 2 amide bonds. The third-order valence-electron chi connectivity index (χ3n) is 9.36. The molecule has 2 fully saturated rings. The number of likely N-dealkylation sites (N-methyl/N-ethyl adjacent to an activating group) is 1. The Kier molecular flexibility index (Phi) is 11.4. The molecule has 0 saturated carbocycles. The van der Waals surface area contributed by atoms with Gasteiger partial charge >= 0.3 is 0 Å². The van der Waals surface area contributed by atoms with E-state index in [4.69, 9.17) is 23.2 Å². The summed E-state index contributed by atoms with van der Waals surface area (Å²) < 4.78 is 0. The minimum absolute atomic E-state index is 0.00792. The van der Waals surface area contributed by atoms with Crippen LogP contribution in [0.15, 0.2) is 78.9 Å². The lowest BCUT2D eigenvalue weighted by Gasteiger charge is -2.45. The first-order valence-electron chi connectivity index (χ1n) is 15.8. The zero-order chi connectivity index (χ0) is 31.1. The second kappa shape index (κ2) is 15.4. The van der Waals surface area contributed by atoms with E-state index < -0.39 is 0 Å². The summed E-state index contributed by atoms with van der Waals surface area (Å²) in [4.78, 5) is 35.9. The van der Waals surface area contributed by atoms with Crippen LogP contribution in [0.2, 0.25) is 10.0 Å². The second-order valence-electron chi connectivity index (χ2n) is 12.4. The van der Waals surface area contributed by atoms with Gasteiger partial charge in [-0.25, -0.2) is 0 Å². The summed E-state index contributed by atoms with van der Waals surface area (Å²) in [5.41, 5.74) is 2.56. The van der Waals surface area contributed by atoms with Crippen LogP contribution < -0.4 is 0 Å². The number of piperidine rings is 2. The second-order valence-corrected chi connectivity index (χ2v) is 13.2. The molecule has 2 heterocycles. The molecule has 6 nitrogen and oxygen atoms in total. The highest BCUT2D eigenvalue weighted by atomic mass is 35.5. The van der Waals surface area contributed by atoms with Gasteiger partial charge in [-0.1, -0.05) is 65.7 Å². The number of hydrogen-bond donors (Lipinski definition) is 0. The number of hydrogen-bond acceptors (Lipinski definition) is 4. The third kappa shape index (κ3) is 8.22. The van der Waals surface area contributed by atoms with Gasteiger partial charge in [-0.15, -0.1) is 0 Å². The Morgan fingerprint density at radius 2 is 1.32 bits per heavy atom. The Morgan fingerprint density at radius 1 is 0.773 bits per heavy atom. The number of rotatable bonds is 10. The number of carbonyl (C=O) groups is 2. The van der Waals surface area contributed by atoms with Crippen molar-refractivity contribution in [3.8, 4) is 0 Å². The molecule has 0 aliphatic carbocycles. The summed E-state index contributed by atoms with van der Waals surface area (Å²) in [5, 5.41) is 1.06. The maximum Gasteiger partial charge on any atom is 0.254 e. The summed E-state index contributed by atoms with van der Waals surface area (Å²) in [6.07, 6.45) is 4.87. The van der Waals surface area contributed by atoms with Crippen LogP contribution in [0.3, 0.4) is 0 Å². The molecule has 1 unspecified atom stereocenters. The number of nitrogens with zero attached hydrogens (tertiary/aromatic N) is 4. The monoisotopic (exact) mass is 634 g/mol. The van der Waals surface area contributed by atoms with Crippen molar-refractivity contribution in [3.63, 3.8) is 0 Å². The summed E-state index contributed by atoms with van der Waals surface area (Å²) in [5.74, 6) is 0.286. The van der Waals surface area contributed by atoms with Crippen LogP contribution in [0.1, 0.15) is 64.3 Å². The van der Waals surface area contributed by atoms with Gasteiger partial charge < -0.3 is 19.6 Å². The quantitative estimate of drug-likeness (QED) is 0.242. The zero-order valence-corrected chi connectivity index (χ0v) is 27.4. The highest BCUT2D eigenvalue weighted by Gasteiger charge is 2.35. The molecular formula is C36H44Cl2N4O2. The summed E-state index contributed by atoms with van der Waals surface area (Å²) in [6.45, 7) is 5.44. The van der Waals surface area contributed by atoms with Gasteiger partial charge in [-0.2, -0.15) is 0 Å². The first-order chi connectivity index (χ1) is 21.3. The van der Waals surface area contributed by atoms with Gasteiger partial charge in [0, 0.05) is 55.8 Å². The molecule has 3 aromatic rings. The fourth-order valence-corrected chi connectivity index (χ4v) is 7.04. The van der Waals surface area contributed by atoms with E-state index in [1.807, 2.05) is 90.8 Å². The lowest BCUT2D eigenvalue weighted by Crippen LogP contribution is -2.54. The zero-order valence-electron chi connectivity index (χ0n) is 25.9.